The fraction of sp³-hybridized carbons (Fsp3) is 0.650. The van der Waals surface area contributed by atoms with Crippen molar-refractivity contribution in [3.05, 3.63) is 35.4 Å². The van der Waals surface area contributed by atoms with Crippen molar-refractivity contribution in [3.8, 4) is 0 Å². The van der Waals surface area contributed by atoms with Gasteiger partial charge in [0.25, 0.3) is 5.91 Å². The van der Waals surface area contributed by atoms with Crippen molar-refractivity contribution >= 4 is 5.91 Å². The van der Waals surface area contributed by atoms with E-state index in [1.165, 1.54) is 38.9 Å². The SMILES string of the molecule is CCCN1CCC(NCc2ccccc2C(=O)N(CC)CC)CC1. The quantitative estimate of drug-likeness (QED) is 0.795. The predicted molar refractivity (Wildman–Crippen MR) is 100 cm³/mol. The van der Waals surface area contributed by atoms with Crippen molar-refractivity contribution in [2.75, 3.05) is 32.7 Å². The molecule has 1 aromatic carbocycles. The van der Waals surface area contributed by atoms with Gasteiger partial charge in [0, 0.05) is 31.2 Å². The van der Waals surface area contributed by atoms with E-state index < -0.39 is 0 Å². The van der Waals surface area contributed by atoms with E-state index in [1.54, 1.807) is 0 Å². The van der Waals surface area contributed by atoms with Gasteiger partial charge in [-0.05, 0) is 64.4 Å². The van der Waals surface area contributed by atoms with Crippen LogP contribution in [0.1, 0.15) is 56.0 Å². The van der Waals surface area contributed by atoms with Gasteiger partial charge in [-0.25, -0.2) is 0 Å². The Hall–Kier alpha value is -1.39. The minimum absolute atomic E-state index is 0.148. The largest absolute Gasteiger partial charge is 0.339 e. The molecule has 0 atom stereocenters. The Morgan fingerprint density at radius 3 is 2.46 bits per heavy atom. The molecule has 1 aliphatic rings. The molecule has 0 spiro atoms. The summed E-state index contributed by atoms with van der Waals surface area (Å²) in [7, 11) is 0. The first kappa shape index (κ1) is 18.9. The Morgan fingerprint density at radius 1 is 1.17 bits per heavy atom. The molecule has 1 N–H and O–H groups in total. The molecule has 0 aliphatic carbocycles. The van der Waals surface area contributed by atoms with Crippen molar-refractivity contribution in [2.45, 2.75) is 52.6 Å². The van der Waals surface area contributed by atoms with Crippen LogP contribution in [0.5, 0.6) is 0 Å². The molecular weight excluding hydrogens is 298 g/mol. The molecule has 0 aromatic heterocycles. The van der Waals surface area contributed by atoms with E-state index in [0.29, 0.717) is 6.04 Å². The molecule has 1 heterocycles. The van der Waals surface area contributed by atoms with E-state index in [1.807, 2.05) is 36.9 Å². The average molecular weight is 332 g/mol. The molecule has 0 saturated carbocycles. The van der Waals surface area contributed by atoms with Gasteiger partial charge in [-0.3, -0.25) is 4.79 Å². The Bertz CT molecular complexity index is 505. The molecule has 134 valence electrons. The summed E-state index contributed by atoms with van der Waals surface area (Å²) in [5.74, 6) is 0.148. The van der Waals surface area contributed by atoms with E-state index in [9.17, 15) is 4.79 Å². The molecule has 24 heavy (non-hydrogen) atoms. The summed E-state index contributed by atoms with van der Waals surface area (Å²) in [4.78, 5) is 17.1. The lowest BCUT2D eigenvalue weighted by Gasteiger charge is -2.32. The first-order chi connectivity index (χ1) is 11.7. The third-order valence-corrected chi connectivity index (χ3v) is 5.01. The molecule has 1 aliphatic heterocycles. The Labute approximate surface area is 147 Å². The van der Waals surface area contributed by atoms with Crippen LogP contribution >= 0.6 is 0 Å². The molecule has 0 radical (unpaired) electrons. The number of carbonyl (C=O) groups is 1. The second kappa shape index (κ2) is 9.80. The topological polar surface area (TPSA) is 35.6 Å². The van der Waals surface area contributed by atoms with Crippen LogP contribution in [0.3, 0.4) is 0 Å². The minimum atomic E-state index is 0.148. The highest BCUT2D eigenvalue weighted by atomic mass is 16.2. The summed E-state index contributed by atoms with van der Waals surface area (Å²) in [6.07, 6.45) is 3.64. The second-order valence-corrected chi connectivity index (χ2v) is 6.63. The molecule has 1 amide bonds. The fourth-order valence-electron chi connectivity index (χ4n) is 3.50. The first-order valence-electron chi connectivity index (χ1n) is 9.52. The number of nitrogens with zero attached hydrogens (tertiary/aromatic N) is 2. The maximum absolute atomic E-state index is 12.7. The molecule has 4 heteroatoms. The number of piperidine rings is 1. The number of benzene rings is 1. The van der Waals surface area contributed by atoms with E-state index in [0.717, 1.165) is 30.8 Å². The van der Waals surface area contributed by atoms with Gasteiger partial charge >= 0.3 is 0 Å². The normalized spacial score (nSPS) is 16.3. The maximum Gasteiger partial charge on any atom is 0.254 e. The van der Waals surface area contributed by atoms with Crippen molar-refractivity contribution < 1.29 is 4.79 Å². The van der Waals surface area contributed by atoms with Crippen LogP contribution in [0.15, 0.2) is 24.3 Å². The van der Waals surface area contributed by atoms with Gasteiger partial charge in [0.1, 0.15) is 0 Å². The van der Waals surface area contributed by atoms with Crippen molar-refractivity contribution in [1.29, 1.82) is 0 Å². The summed E-state index contributed by atoms with van der Waals surface area (Å²) >= 11 is 0. The molecule has 1 aromatic rings. The number of hydrogen-bond donors (Lipinski definition) is 1. The lowest BCUT2D eigenvalue weighted by atomic mass is 10.0. The maximum atomic E-state index is 12.7. The van der Waals surface area contributed by atoms with E-state index >= 15 is 0 Å². The number of rotatable bonds is 8. The van der Waals surface area contributed by atoms with Gasteiger partial charge < -0.3 is 15.1 Å². The zero-order valence-electron chi connectivity index (χ0n) is 15.6. The van der Waals surface area contributed by atoms with E-state index in [2.05, 4.69) is 23.2 Å². The summed E-state index contributed by atoms with van der Waals surface area (Å²) in [5.41, 5.74) is 1.96. The molecule has 4 nitrogen and oxygen atoms in total. The highest BCUT2D eigenvalue weighted by molar-refractivity contribution is 5.95. The van der Waals surface area contributed by atoms with Gasteiger partial charge in [-0.2, -0.15) is 0 Å². The van der Waals surface area contributed by atoms with Crippen LogP contribution in [0.25, 0.3) is 0 Å². The predicted octanol–water partition coefficient (Wildman–Crippen LogP) is 3.13. The third-order valence-electron chi connectivity index (χ3n) is 5.01. The third kappa shape index (κ3) is 5.05. The van der Waals surface area contributed by atoms with Gasteiger partial charge in [0.15, 0.2) is 0 Å². The number of hydrogen-bond acceptors (Lipinski definition) is 3. The van der Waals surface area contributed by atoms with Gasteiger partial charge in [0.2, 0.25) is 0 Å². The van der Waals surface area contributed by atoms with Gasteiger partial charge in [-0.15, -0.1) is 0 Å². The van der Waals surface area contributed by atoms with Crippen molar-refractivity contribution in [3.63, 3.8) is 0 Å². The fourth-order valence-corrected chi connectivity index (χ4v) is 3.50. The Morgan fingerprint density at radius 2 is 1.83 bits per heavy atom. The summed E-state index contributed by atoms with van der Waals surface area (Å²) in [6, 6.07) is 8.59. The summed E-state index contributed by atoms with van der Waals surface area (Å²) in [6.45, 7) is 12.2. The number of nitrogens with one attached hydrogen (secondary N) is 1. The number of amides is 1. The van der Waals surface area contributed by atoms with Crippen LogP contribution in [-0.2, 0) is 6.54 Å². The summed E-state index contributed by atoms with van der Waals surface area (Å²) < 4.78 is 0. The Balaban J connectivity index is 1.93. The van der Waals surface area contributed by atoms with Crippen LogP contribution in [0.2, 0.25) is 0 Å². The zero-order valence-corrected chi connectivity index (χ0v) is 15.6. The lowest BCUT2D eigenvalue weighted by Crippen LogP contribution is -2.42. The van der Waals surface area contributed by atoms with E-state index in [4.69, 9.17) is 0 Å². The lowest BCUT2D eigenvalue weighted by molar-refractivity contribution is 0.0771. The van der Waals surface area contributed by atoms with Crippen LogP contribution < -0.4 is 5.32 Å². The first-order valence-corrected chi connectivity index (χ1v) is 9.52. The van der Waals surface area contributed by atoms with Crippen molar-refractivity contribution in [1.82, 2.24) is 15.1 Å². The van der Waals surface area contributed by atoms with Crippen molar-refractivity contribution in [2.24, 2.45) is 0 Å². The number of likely N-dealkylation sites (tertiary alicyclic amines) is 1. The standard InChI is InChI=1S/C20H33N3O/c1-4-13-22-14-11-18(12-15-22)21-16-17-9-7-8-10-19(17)20(24)23(5-2)6-3/h7-10,18,21H,4-6,11-16H2,1-3H3. The zero-order chi connectivity index (χ0) is 17.4. The highest BCUT2D eigenvalue weighted by Crippen LogP contribution is 2.15. The molecule has 2 rings (SSSR count). The van der Waals surface area contributed by atoms with Gasteiger partial charge in [0.05, 0.1) is 0 Å². The molecule has 1 fully saturated rings. The molecule has 0 unspecified atom stereocenters. The highest BCUT2D eigenvalue weighted by Gasteiger charge is 2.20. The Kier molecular flexibility index (Phi) is 7.73. The molecule has 1 saturated heterocycles. The molecular formula is C20H33N3O. The minimum Gasteiger partial charge on any atom is -0.339 e. The molecule has 0 bridgehead atoms. The summed E-state index contributed by atoms with van der Waals surface area (Å²) in [5, 5.41) is 3.67. The van der Waals surface area contributed by atoms with Crippen LogP contribution in [0.4, 0.5) is 0 Å². The van der Waals surface area contributed by atoms with Crippen LogP contribution in [-0.4, -0.2) is 54.5 Å². The average Bonchev–Trinajstić information content (AvgIpc) is 2.62. The number of carbonyl (C=O) groups excluding carboxylic acids is 1. The van der Waals surface area contributed by atoms with Crippen LogP contribution in [0, 0.1) is 0 Å². The van der Waals surface area contributed by atoms with E-state index in [-0.39, 0.29) is 5.91 Å². The monoisotopic (exact) mass is 331 g/mol. The van der Waals surface area contributed by atoms with Gasteiger partial charge in [-0.1, -0.05) is 25.1 Å². The smallest absolute Gasteiger partial charge is 0.254 e. The second-order valence-electron chi connectivity index (χ2n) is 6.63.